The summed E-state index contributed by atoms with van der Waals surface area (Å²) in [6, 6.07) is 15.7. The Morgan fingerprint density at radius 1 is 0.789 bits per heavy atom. The number of halogens is 4. The van der Waals surface area contributed by atoms with Gasteiger partial charge < -0.3 is 0 Å². The van der Waals surface area contributed by atoms with Crippen molar-refractivity contribution in [2.45, 2.75) is 71.6 Å². The first-order chi connectivity index (χ1) is 18.4. The Balaban J connectivity index is 0.00000107. The van der Waals surface area contributed by atoms with Gasteiger partial charge in [0.25, 0.3) is 0 Å². The van der Waals surface area contributed by atoms with Gasteiger partial charge in [0, 0.05) is 7.14 Å². The molecule has 38 heavy (non-hydrogen) atoms. The topological polar surface area (TPSA) is 37.6 Å². The summed E-state index contributed by atoms with van der Waals surface area (Å²) in [5, 5.41) is 0. The van der Waals surface area contributed by atoms with E-state index in [0.29, 0.717) is 0 Å². The van der Waals surface area contributed by atoms with Gasteiger partial charge in [-0.05, 0) is 162 Å². The molecule has 1 aromatic heterocycles. The maximum atomic E-state index is 5.28. The van der Waals surface area contributed by atoms with Crippen molar-refractivity contribution in [3.8, 4) is 0 Å². The number of rotatable bonds is 5. The van der Waals surface area contributed by atoms with Gasteiger partial charge in [0.05, 0.1) is 34.2 Å². The molecular formula is C30H31Cl2FeI2N3. The summed E-state index contributed by atoms with van der Waals surface area (Å²) in [5.74, 6) is 0. The van der Waals surface area contributed by atoms with Crippen molar-refractivity contribution in [1.82, 2.24) is 4.98 Å². The standard InChI is InChI=1S/C30H31I2N3.2ClH.Fe/c1-3-4-7-20-14-24(32)18-26(15-20)34-28-11-6-9-22-16-21-8-5-10-27(29(21)35-30(22)28)33-25-13-19(2)12-23(31)17-25;;;/h12-18H,3-11H2,1-2H3;2*1H;/q;;;+2/p-2. The van der Waals surface area contributed by atoms with Crippen molar-refractivity contribution >= 4 is 88.2 Å². The summed E-state index contributed by atoms with van der Waals surface area (Å²) in [6.45, 7) is 4.38. The van der Waals surface area contributed by atoms with Crippen molar-refractivity contribution < 1.29 is 13.1 Å². The minimum absolute atomic E-state index is 0.194. The molecule has 0 aliphatic heterocycles. The molecule has 1 heterocycles. The van der Waals surface area contributed by atoms with Crippen LogP contribution in [0.15, 0.2) is 52.4 Å². The normalized spacial score (nSPS) is 16.7. The molecule has 0 N–H and O–H groups in total. The van der Waals surface area contributed by atoms with E-state index in [1.807, 2.05) is 0 Å². The monoisotopic (exact) mass is 813 g/mol. The second-order valence-electron chi connectivity index (χ2n) is 9.79. The van der Waals surface area contributed by atoms with Crippen LogP contribution in [-0.2, 0) is 32.4 Å². The van der Waals surface area contributed by atoms with E-state index in [0.717, 1.165) is 79.1 Å². The summed E-state index contributed by atoms with van der Waals surface area (Å²) < 4.78 is 2.48. The molecule has 5 rings (SSSR count). The van der Waals surface area contributed by atoms with Gasteiger partial charge in [0.15, 0.2) is 0 Å². The van der Waals surface area contributed by atoms with E-state index in [4.69, 9.17) is 35.2 Å². The molecule has 2 aromatic carbocycles. The zero-order valence-electron chi connectivity index (χ0n) is 21.6. The van der Waals surface area contributed by atoms with E-state index in [1.165, 1.54) is 42.2 Å². The molecule has 3 nitrogen and oxygen atoms in total. The van der Waals surface area contributed by atoms with Crippen molar-refractivity contribution in [2.24, 2.45) is 9.98 Å². The fourth-order valence-corrected chi connectivity index (χ4v) is 6.68. The number of fused-ring (bicyclic) bond motifs is 2. The summed E-state index contributed by atoms with van der Waals surface area (Å²) in [6.07, 6.45) is 9.96. The number of unbranched alkanes of at least 4 members (excludes halogenated alkanes) is 1. The van der Waals surface area contributed by atoms with E-state index in [1.54, 1.807) is 0 Å². The first-order valence-electron chi connectivity index (χ1n) is 13.0. The van der Waals surface area contributed by atoms with E-state index in [9.17, 15) is 0 Å². The third-order valence-corrected chi connectivity index (χ3v) is 8.01. The Bertz CT molecular complexity index is 1340. The summed E-state index contributed by atoms with van der Waals surface area (Å²) in [7, 11) is 9.53. The summed E-state index contributed by atoms with van der Waals surface area (Å²) in [4.78, 5) is 15.6. The quantitative estimate of drug-likeness (QED) is 0.187. The molecular weight excluding hydrogens is 783 g/mol. The molecule has 0 bridgehead atoms. The second-order valence-corrected chi connectivity index (χ2v) is 14.1. The number of aryl methyl sites for hydroxylation is 4. The van der Waals surface area contributed by atoms with Crippen molar-refractivity contribution in [3.05, 3.63) is 83.2 Å². The van der Waals surface area contributed by atoms with E-state index in [2.05, 4.69) is 101 Å². The van der Waals surface area contributed by atoms with Crippen LogP contribution in [-0.4, -0.2) is 16.4 Å². The van der Waals surface area contributed by atoms with Gasteiger partial charge in [-0.1, -0.05) is 19.4 Å². The van der Waals surface area contributed by atoms with Crippen LogP contribution >= 0.6 is 65.4 Å². The number of hydrogen-bond donors (Lipinski definition) is 0. The van der Waals surface area contributed by atoms with Crippen LogP contribution in [0.5, 0.6) is 0 Å². The van der Waals surface area contributed by atoms with Gasteiger partial charge in [-0.15, -0.1) is 0 Å². The fourth-order valence-electron chi connectivity index (χ4n) is 5.15. The maximum absolute atomic E-state index is 5.28. The van der Waals surface area contributed by atoms with Gasteiger partial charge in [-0.3, -0.25) is 9.98 Å². The predicted octanol–water partition coefficient (Wildman–Crippen LogP) is 10.2. The number of aliphatic imine (C=N–C) groups is 2. The molecule has 3 aromatic rings. The first kappa shape index (κ1) is 30.4. The van der Waals surface area contributed by atoms with Crippen LogP contribution in [0.4, 0.5) is 11.4 Å². The third-order valence-electron chi connectivity index (χ3n) is 6.76. The van der Waals surface area contributed by atoms with Crippen molar-refractivity contribution in [3.63, 3.8) is 0 Å². The van der Waals surface area contributed by atoms with Gasteiger partial charge in [-0.25, -0.2) is 4.98 Å². The fraction of sp³-hybridized carbons (Fsp3) is 0.367. The second kappa shape index (κ2) is 14.9. The zero-order chi connectivity index (χ0) is 27.1. The average Bonchev–Trinajstić information content (AvgIpc) is 2.86. The minimum atomic E-state index is 0.194. The van der Waals surface area contributed by atoms with Crippen molar-refractivity contribution in [1.29, 1.82) is 0 Å². The Morgan fingerprint density at radius 2 is 1.34 bits per heavy atom. The molecule has 0 unspecified atom stereocenters. The number of nitrogens with zero attached hydrogens (tertiary/aromatic N) is 3. The number of hydrogen-bond acceptors (Lipinski definition) is 3. The zero-order valence-corrected chi connectivity index (χ0v) is 28.5. The Kier molecular flexibility index (Phi) is 12.0. The Morgan fingerprint density at radius 3 is 1.89 bits per heavy atom. The van der Waals surface area contributed by atoms with E-state index in [-0.39, 0.29) is 13.1 Å². The van der Waals surface area contributed by atoms with Crippen molar-refractivity contribution in [2.75, 3.05) is 0 Å². The van der Waals surface area contributed by atoms with Crippen LogP contribution in [0.2, 0.25) is 0 Å². The Hall–Kier alpha value is -0.511. The number of benzene rings is 2. The average molecular weight is 814 g/mol. The van der Waals surface area contributed by atoms with E-state index >= 15 is 0 Å². The molecule has 0 amide bonds. The van der Waals surface area contributed by atoms with E-state index < -0.39 is 0 Å². The molecule has 2 aliphatic carbocycles. The van der Waals surface area contributed by atoms with Gasteiger partial charge in [-0.2, -0.15) is 0 Å². The predicted molar refractivity (Wildman–Crippen MR) is 176 cm³/mol. The van der Waals surface area contributed by atoms with Gasteiger partial charge >= 0.3 is 33.3 Å². The molecule has 0 saturated heterocycles. The Labute approximate surface area is 268 Å². The molecule has 8 heteroatoms. The number of aromatic nitrogens is 1. The van der Waals surface area contributed by atoms with Crippen LogP contribution < -0.4 is 0 Å². The third kappa shape index (κ3) is 8.26. The molecule has 0 fully saturated rings. The SMILES string of the molecule is CCCCc1cc(I)cc(N=C2CCCc3cc4c(nc32)C(=Nc2cc(C)cc(I)c2)CCC4)c1.[Cl][Fe][Cl]. The van der Waals surface area contributed by atoms with Crippen LogP contribution in [0.25, 0.3) is 0 Å². The van der Waals surface area contributed by atoms with Gasteiger partial charge in [0.1, 0.15) is 0 Å². The molecule has 0 saturated carbocycles. The molecule has 0 spiro atoms. The number of pyridine rings is 1. The van der Waals surface area contributed by atoms with Crippen LogP contribution in [0.3, 0.4) is 0 Å². The molecule has 2 aliphatic rings. The molecule has 0 atom stereocenters. The summed E-state index contributed by atoms with van der Waals surface area (Å²) >= 11 is 4.99. The van der Waals surface area contributed by atoms with Crippen LogP contribution in [0.1, 0.15) is 79.1 Å². The molecule has 202 valence electrons. The summed E-state index contributed by atoms with van der Waals surface area (Å²) in [5.41, 5.74) is 11.9. The van der Waals surface area contributed by atoms with Gasteiger partial charge in [0.2, 0.25) is 0 Å². The first-order valence-corrected chi connectivity index (χ1v) is 18.2. The molecule has 0 radical (unpaired) electrons. The van der Waals surface area contributed by atoms with Crippen LogP contribution in [0, 0.1) is 14.1 Å².